The van der Waals surface area contributed by atoms with E-state index >= 15 is 0 Å². The van der Waals surface area contributed by atoms with Gasteiger partial charge in [0, 0.05) is 12.1 Å². The van der Waals surface area contributed by atoms with Crippen molar-refractivity contribution in [3.8, 4) is 17.6 Å². The van der Waals surface area contributed by atoms with Gasteiger partial charge in [-0.2, -0.15) is 5.26 Å². The Morgan fingerprint density at radius 3 is 2.53 bits per heavy atom. The maximum atomic E-state index is 8.48. The molecule has 0 fully saturated rings. The molecule has 0 aromatic heterocycles. The summed E-state index contributed by atoms with van der Waals surface area (Å²) < 4.78 is 10.6. The van der Waals surface area contributed by atoms with Gasteiger partial charge in [-0.3, -0.25) is 0 Å². The lowest BCUT2D eigenvalue weighted by molar-refractivity contribution is 0.389. The number of benzene rings is 1. The molecule has 0 spiro atoms. The first-order valence-electron chi connectivity index (χ1n) is 5.13. The van der Waals surface area contributed by atoms with Crippen LogP contribution in [0.3, 0.4) is 0 Å². The first kappa shape index (κ1) is 13.7. The quantitative estimate of drug-likeness (QED) is 0.477. The van der Waals surface area contributed by atoms with Crippen molar-refractivity contribution in [1.29, 1.82) is 5.26 Å². The highest BCUT2D eigenvalue weighted by Crippen LogP contribution is 2.34. The standard InChI is InChI=1S/C12H16N2O2S/c1-15-10-7-12(17-3)11(16-2)6-9(10)8-14-5-4-13/h6-7,14H,5,8H2,1-3H3. The van der Waals surface area contributed by atoms with Crippen molar-refractivity contribution in [3.63, 3.8) is 0 Å². The third-order valence-corrected chi connectivity index (χ3v) is 3.06. The predicted octanol–water partition coefficient (Wildman–Crippen LogP) is 2.04. The van der Waals surface area contributed by atoms with Crippen molar-refractivity contribution in [1.82, 2.24) is 5.32 Å². The lowest BCUT2D eigenvalue weighted by Gasteiger charge is -2.13. The minimum Gasteiger partial charge on any atom is -0.496 e. The number of hydrogen-bond donors (Lipinski definition) is 1. The van der Waals surface area contributed by atoms with Gasteiger partial charge in [-0.15, -0.1) is 11.8 Å². The fourth-order valence-electron chi connectivity index (χ4n) is 1.48. The van der Waals surface area contributed by atoms with Crippen LogP contribution in [0.4, 0.5) is 0 Å². The van der Waals surface area contributed by atoms with Crippen molar-refractivity contribution in [2.24, 2.45) is 0 Å². The molecule has 0 saturated carbocycles. The molecule has 5 heteroatoms. The molecule has 0 radical (unpaired) electrons. The van der Waals surface area contributed by atoms with Crippen molar-refractivity contribution < 1.29 is 9.47 Å². The zero-order valence-electron chi connectivity index (χ0n) is 10.2. The number of nitrogens with zero attached hydrogens (tertiary/aromatic N) is 1. The van der Waals surface area contributed by atoms with E-state index in [0.717, 1.165) is 22.0 Å². The number of methoxy groups -OCH3 is 2. The molecule has 0 heterocycles. The van der Waals surface area contributed by atoms with Crippen LogP contribution in [0.1, 0.15) is 5.56 Å². The summed E-state index contributed by atoms with van der Waals surface area (Å²) in [6, 6.07) is 5.93. The molecule has 0 aliphatic rings. The van der Waals surface area contributed by atoms with Crippen LogP contribution in [0.15, 0.2) is 17.0 Å². The van der Waals surface area contributed by atoms with Crippen LogP contribution in [0.2, 0.25) is 0 Å². The molecule has 1 aromatic rings. The fourth-order valence-corrected chi connectivity index (χ4v) is 2.05. The van der Waals surface area contributed by atoms with Crippen LogP contribution >= 0.6 is 11.8 Å². The Balaban J connectivity index is 2.98. The van der Waals surface area contributed by atoms with Gasteiger partial charge < -0.3 is 14.8 Å². The number of thioether (sulfide) groups is 1. The minimum absolute atomic E-state index is 0.315. The smallest absolute Gasteiger partial charge is 0.132 e. The minimum atomic E-state index is 0.315. The molecule has 1 aromatic carbocycles. The van der Waals surface area contributed by atoms with Gasteiger partial charge in [-0.25, -0.2) is 0 Å². The van der Waals surface area contributed by atoms with E-state index in [9.17, 15) is 0 Å². The van der Waals surface area contributed by atoms with Gasteiger partial charge in [-0.05, 0) is 18.4 Å². The van der Waals surface area contributed by atoms with Gasteiger partial charge in [0.15, 0.2) is 0 Å². The topological polar surface area (TPSA) is 54.3 Å². The van der Waals surface area contributed by atoms with Crippen LogP contribution < -0.4 is 14.8 Å². The number of nitriles is 1. The van der Waals surface area contributed by atoms with Crippen LogP contribution in [0.5, 0.6) is 11.5 Å². The highest BCUT2D eigenvalue weighted by atomic mass is 32.2. The maximum absolute atomic E-state index is 8.48. The Morgan fingerprint density at radius 2 is 2.00 bits per heavy atom. The molecule has 0 amide bonds. The lowest BCUT2D eigenvalue weighted by Crippen LogP contribution is -2.13. The van der Waals surface area contributed by atoms with Crippen molar-refractivity contribution in [2.75, 3.05) is 27.0 Å². The second kappa shape index (κ2) is 7.05. The lowest BCUT2D eigenvalue weighted by atomic mass is 10.2. The average Bonchev–Trinajstić information content (AvgIpc) is 2.38. The van der Waals surface area contributed by atoms with E-state index in [2.05, 4.69) is 5.32 Å². The highest BCUT2D eigenvalue weighted by Gasteiger charge is 2.10. The van der Waals surface area contributed by atoms with Gasteiger partial charge in [0.25, 0.3) is 0 Å². The summed E-state index contributed by atoms with van der Waals surface area (Å²) in [5.74, 6) is 1.63. The Bertz CT molecular complexity index is 416. The van der Waals surface area contributed by atoms with E-state index in [0.29, 0.717) is 13.1 Å². The Hall–Kier alpha value is -1.38. The molecule has 0 unspecified atom stereocenters. The molecule has 4 nitrogen and oxygen atoms in total. The van der Waals surface area contributed by atoms with Crippen molar-refractivity contribution in [3.05, 3.63) is 17.7 Å². The zero-order chi connectivity index (χ0) is 12.7. The number of rotatable bonds is 6. The van der Waals surface area contributed by atoms with Gasteiger partial charge in [0.2, 0.25) is 0 Å². The molecule has 0 aliphatic carbocycles. The first-order valence-corrected chi connectivity index (χ1v) is 6.35. The average molecular weight is 252 g/mol. The SMILES string of the molecule is COc1cc(SC)c(OC)cc1CNCC#N. The summed E-state index contributed by atoms with van der Waals surface area (Å²) in [5.41, 5.74) is 0.984. The molecule has 0 saturated heterocycles. The number of ether oxygens (including phenoxy) is 2. The summed E-state index contributed by atoms with van der Waals surface area (Å²) in [4.78, 5) is 1.04. The normalized spacial score (nSPS) is 9.76. The summed E-state index contributed by atoms with van der Waals surface area (Å²) in [5, 5.41) is 11.5. The molecule has 0 bridgehead atoms. The third-order valence-electron chi connectivity index (χ3n) is 2.31. The van der Waals surface area contributed by atoms with Gasteiger partial charge in [0.05, 0.1) is 31.7 Å². The largest absolute Gasteiger partial charge is 0.496 e. The zero-order valence-corrected chi connectivity index (χ0v) is 11.1. The summed E-state index contributed by atoms with van der Waals surface area (Å²) >= 11 is 1.61. The summed E-state index contributed by atoms with van der Waals surface area (Å²) in [7, 11) is 3.29. The van der Waals surface area contributed by atoms with E-state index in [1.165, 1.54) is 0 Å². The van der Waals surface area contributed by atoms with E-state index in [1.807, 2.05) is 24.5 Å². The molecule has 0 atom stereocenters. The second-order valence-electron chi connectivity index (χ2n) is 3.28. The van der Waals surface area contributed by atoms with Crippen LogP contribution in [-0.4, -0.2) is 27.0 Å². The van der Waals surface area contributed by atoms with Gasteiger partial charge in [-0.1, -0.05) is 0 Å². The van der Waals surface area contributed by atoms with E-state index in [1.54, 1.807) is 26.0 Å². The van der Waals surface area contributed by atoms with Gasteiger partial charge >= 0.3 is 0 Å². The fraction of sp³-hybridized carbons (Fsp3) is 0.417. The maximum Gasteiger partial charge on any atom is 0.132 e. The van der Waals surface area contributed by atoms with Crippen molar-refractivity contribution >= 4 is 11.8 Å². The molecule has 17 heavy (non-hydrogen) atoms. The third kappa shape index (κ3) is 3.55. The number of nitrogens with one attached hydrogen (secondary N) is 1. The van der Waals surface area contributed by atoms with Gasteiger partial charge in [0.1, 0.15) is 11.5 Å². The first-order chi connectivity index (χ1) is 8.26. The molecular formula is C12H16N2O2S. The molecule has 92 valence electrons. The molecule has 1 rings (SSSR count). The van der Waals surface area contributed by atoms with Crippen LogP contribution in [-0.2, 0) is 6.54 Å². The second-order valence-corrected chi connectivity index (χ2v) is 4.13. The predicted molar refractivity (Wildman–Crippen MR) is 68.6 cm³/mol. The Labute approximate surface area is 106 Å². The Morgan fingerprint density at radius 1 is 1.29 bits per heavy atom. The van der Waals surface area contributed by atoms with E-state index < -0.39 is 0 Å². The molecular weight excluding hydrogens is 236 g/mol. The van der Waals surface area contributed by atoms with E-state index in [4.69, 9.17) is 14.7 Å². The van der Waals surface area contributed by atoms with Crippen molar-refractivity contribution in [2.45, 2.75) is 11.4 Å². The van der Waals surface area contributed by atoms with Crippen LogP contribution in [0.25, 0.3) is 0 Å². The summed E-state index contributed by atoms with van der Waals surface area (Å²) in [6.45, 7) is 0.900. The molecule has 1 N–H and O–H groups in total. The Kier molecular flexibility index (Phi) is 5.67. The molecule has 0 aliphatic heterocycles. The van der Waals surface area contributed by atoms with E-state index in [-0.39, 0.29) is 0 Å². The highest BCUT2D eigenvalue weighted by molar-refractivity contribution is 7.98. The summed E-state index contributed by atoms with van der Waals surface area (Å²) in [6.07, 6.45) is 1.99. The van der Waals surface area contributed by atoms with Crippen LogP contribution in [0, 0.1) is 11.3 Å². The monoisotopic (exact) mass is 252 g/mol. The number of hydrogen-bond acceptors (Lipinski definition) is 5.